The van der Waals surface area contributed by atoms with Crippen molar-refractivity contribution in [1.82, 2.24) is 0 Å². The number of halogens is 1. The fourth-order valence-electron chi connectivity index (χ4n) is 1.24. The third-order valence-electron chi connectivity index (χ3n) is 1.94. The normalized spacial score (nSPS) is 12.3. The van der Waals surface area contributed by atoms with Gasteiger partial charge in [-0.2, -0.15) is 0 Å². The molecule has 1 rings (SSSR count). The van der Waals surface area contributed by atoms with Crippen molar-refractivity contribution in [3.8, 4) is 0 Å². The number of hydrogen-bond donors (Lipinski definition) is 1. The molecule has 0 spiro atoms. The number of nitrogens with two attached hydrogens (primary N) is 1. The minimum absolute atomic E-state index is 0.152. The van der Waals surface area contributed by atoms with Gasteiger partial charge in [0.1, 0.15) is 23.8 Å². The van der Waals surface area contributed by atoms with Crippen molar-refractivity contribution in [2.45, 2.75) is 26.4 Å². The average molecular weight is 252 g/mol. The molecule has 0 radical (unpaired) electrons. The fraction of sp³-hybridized carbons (Fsp3) is 0.385. The molecule has 0 saturated heterocycles. The topological polar surface area (TPSA) is 64.7 Å². The highest BCUT2D eigenvalue weighted by Crippen LogP contribution is 2.07. The second kappa shape index (κ2) is 5.62. The van der Waals surface area contributed by atoms with Gasteiger partial charge in [0.15, 0.2) is 0 Å². The first-order chi connectivity index (χ1) is 8.28. The Morgan fingerprint density at radius 2 is 1.89 bits per heavy atom. The highest BCUT2D eigenvalue weighted by Gasteiger charge is 2.15. The zero-order valence-corrected chi connectivity index (χ0v) is 10.7. The van der Waals surface area contributed by atoms with Crippen LogP contribution in [0.4, 0.5) is 4.39 Å². The smallest absolute Gasteiger partial charge is 0.328 e. The maximum Gasteiger partial charge on any atom is 0.328 e. The summed E-state index contributed by atoms with van der Waals surface area (Å²) in [6.45, 7) is 5.17. The molecule has 0 saturated carbocycles. The molecule has 1 aromatic carbocycles. The SMILES string of the molecule is CC(C)(C)OC(=O)CN=C(N)c1ccc(F)cc1. The van der Waals surface area contributed by atoms with Crippen molar-refractivity contribution in [3.05, 3.63) is 35.6 Å². The fourth-order valence-corrected chi connectivity index (χ4v) is 1.24. The van der Waals surface area contributed by atoms with E-state index in [0.717, 1.165) is 0 Å². The molecule has 0 aromatic heterocycles. The van der Waals surface area contributed by atoms with Gasteiger partial charge in [-0.3, -0.25) is 9.79 Å². The summed E-state index contributed by atoms with van der Waals surface area (Å²) < 4.78 is 17.8. The van der Waals surface area contributed by atoms with Crippen LogP contribution in [-0.4, -0.2) is 24.0 Å². The molecular weight excluding hydrogens is 235 g/mol. The second-order valence-corrected chi connectivity index (χ2v) is 4.79. The molecule has 1 aromatic rings. The zero-order chi connectivity index (χ0) is 13.8. The molecule has 0 amide bonds. The van der Waals surface area contributed by atoms with Crippen LogP contribution in [0.1, 0.15) is 26.3 Å². The van der Waals surface area contributed by atoms with Gasteiger partial charge in [-0.1, -0.05) is 0 Å². The Morgan fingerprint density at radius 1 is 1.33 bits per heavy atom. The van der Waals surface area contributed by atoms with Crippen LogP contribution >= 0.6 is 0 Å². The summed E-state index contributed by atoms with van der Waals surface area (Å²) in [4.78, 5) is 15.3. The molecule has 5 heteroatoms. The first-order valence-electron chi connectivity index (χ1n) is 5.55. The van der Waals surface area contributed by atoms with E-state index in [1.807, 2.05) is 0 Å². The van der Waals surface area contributed by atoms with Crippen LogP contribution in [-0.2, 0) is 9.53 Å². The zero-order valence-electron chi connectivity index (χ0n) is 10.7. The summed E-state index contributed by atoms with van der Waals surface area (Å²) in [5, 5.41) is 0. The molecular formula is C13H17FN2O2. The van der Waals surface area contributed by atoms with Gasteiger partial charge in [-0.25, -0.2) is 4.39 Å². The van der Waals surface area contributed by atoms with Gasteiger partial charge >= 0.3 is 5.97 Å². The van der Waals surface area contributed by atoms with E-state index in [4.69, 9.17) is 10.5 Å². The lowest BCUT2D eigenvalue weighted by Crippen LogP contribution is -2.26. The van der Waals surface area contributed by atoms with Crippen LogP contribution in [0.25, 0.3) is 0 Å². The maximum absolute atomic E-state index is 12.7. The lowest BCUT2D eigenvalue weighted by molar-refractivity contribution is -0.152. The van der Waals surface area contributed by atoms with Crippen molar-refractivity contribution in [2.24, 2.45) is 10.7 Å². The van der Waals surface area contributed by atoms with E-state index in [1.54, 1.807) is 20.8 Å². The van der Waals surface area contributed by atoms with Crippen molar-refractivity contribution < 1.29 is 13.9 Å². The van der Waals surface area contributed by atoms with Gasteiger partial charge in [0, 0.05) is 5.56 Å². The Kier molecular flexibility index (Phi) is 4.42. The third-order valence-corrected chi connectivity index (χ3v) is 1.94. The van der Waals surface area contributed by atoms with Gasteiger partial charge < -0.3 is 10.5 Å². The Hall–Kier alpha value is -1.91. The summed E-state index contributed by atoms with van der Waals surface area (Å²) in [5.74, 6) is -0.618. The quantitative estimate of drug-likeness (QED) is 0.507. The van der Waals surface area contributed by atoms with E-state index in [2.05, 4.69) is 4.99 Å². The molecule has 0 fully saturated rings. The lowest BCUT2D eigenvalue weighted by atomic mass is 10.2. The van der Waals surface area contributed by atoms with Gasteiger partial charge in [-0.15, -0.1) is 0 Å². The highest BCUT2D eigenvalue weighted by molar-refractivity contribution is 5.98. The van der Waals surface area contributed by atoms with Crippen molar-refractivity contribution in [3.63, 3.8) is 0 Å². The molecule has 0 bridgehead atoms. The second-order valence-electron chi connectivity index (χ2n) is 4.79. The van der Waals surface area contributed by atoms with E-state index < -0.39 is 11.6 Å². The summed E-state index contributed by atoms with van der Waals surface area (Å²) in [5.41, 5.74) is 5.70. The van der Waals surface area contributed by atoms with Crippen LogP contribution in [0.15, 0.2) is 29.3 Å². The molecule has 98 valence electrons. The van der Waals surface area contributed by atoms with Gasteiger partial charge in [0.05, 0.1) is 0 Å². The highest BCUT2D eigenvalue weighted by atomic mass is 19.1. The number of benzene rings is 1. The number of carbonyl (C=O) groups excluding carboxylic acids is 1. The number of rotatable bonds is 3. The van der Waals surface area contributed by atoms with Crippen LogP contribution < -0.4 is 5.73 Å². The van der Waals surface area contributed by atoms with Crippen LogP contribution in [0.3, 0.4) is 0 Å². The Morgan fingerprint density at radius 3 is 2.39 bits per heavy atom. The van der Waals surface area contributed by atoms with Gasteiger partial charge in [0.2, 0.25) is 0 Å². The Labute approximate surface area is 106 Å². The maximum atomic E-state index is 12.7. The van der Waals surface area contributed by atoms with Crippen LogP contribution in [0.2, 0.25) is 0 Å². The summed E-state index contributed by atoms with van der Waals surface area (Å²) in [6.07, 6.45) is 0. The van der Waals surface area contributed by atoms with E-state index in [0.29, 0.717) is 5.56 Å². The van der Waals surface area contributed by atoms with E-state index in [-0.39, 0.29) is 18.2 Å². The van der Waals surface area contributed by atoms with E-state index in [9.17, 15) is 9.18 Å². The van der Waals surface area contributed by atoms with Crippen LogP contribution in [0, 0.1) is 5.82 Å². The van der Waals surface area contributed by atoms with E-state index in [1.165, 1.54) is 24.3 Å². The largest absolute Gasteiger partial charge is 0.459 e. The molecule has 4 nitrogen and oxygen atoms in total. The number of hydrogen-bond acceptors (Lipinski definition) is 3. The minimum atomic E-state index is -0.544. The molecule has 0 aliphatic rings. The Balaban J connectivity index is 2.62. The minimum Gasteiger partial charge on any atom is -0.459 e. The molecule has 0 aliphatic carbocycles. The third kappa shape index (κ3) is 4.95. The van der Waals surface area contributed by atoms with Gasteiger partial charge in [0.25, 0.3) is 0 Å². The van der Waals surface area contributed by atoms with Crippen molar-refractivity contribution in [1.29, 1.82) is 0 Å². The molecule has 0 aliphatic heterocycles. The van der Waals surface area contributed by atoms with E-state index >= 15 is 0 Å². The van der Waals surface area contributed by atoms with Crippen molar-refractivity contribution >= 4 is 11.8 Å². The van der Waals surface area contributed by atoms with Gasteiger partial charge in [-0.05, 0) is 45.0 Å². The lowest BCUT2D eigenvalue weighted by Gasteiger charge is -2.18. The number of aliphatic imine (C=N–C) groups is 1. The number of nitrogens with zero attached hydrogens (tertiary/aromatic N) is 1. The molecule has 0 atom stereocenters. The van der Waals surface area contributed by atoms with Crippen LogP contribution in [0.5, 0.6) is 0 Å². The monoisotopic (exact) mass is 252 g/mol. The summed E-state index contributed by atoms with van der Waals surface area (Å²) in [6, 6.07) is 5.57. The number of ether oxygens (including phenoxy) is 1. The molecule has 0 unspecified atom stereocenters. The first-order valence-corrected chi connectivity index (χ1v) is 5.55. The predicted molar refractivity (Wildman–Crippen MR) is 67.8 cm³/mol. The first kappa shape index (κ1) is 14.2. The predicted octanol–water partition coefficient (Wildman–Crippen LogP) is 1.87. The Bertz CT molecular complexity index is 447. The number of carbonyl (C=O) groups is 1. The number of amidine groups is 1. The average Bonchev–Trinajstić information content (AvgIpc) is 2.24. The summed E-state index contributed by atoms with van der Waals surface area (Å²) >= 11 is 0. The number of esters is 1. The van der Waals surface area contributed by atoms with Crippen molar-refractivity contribution in [2.75, 3.05) is 6.54 Å². The summed E-state index contributed by atoms with van der Waals surface area (Å²) in [7, 11) is 0. The molecule has 2 N–H and O–H groups in total. The molecule has 0 heterocycles. The standard InChI is InChI=1S/C13H17FN2O2/c1-13(2,3)18-11(17)8-16-12(15)9-4-6-10(14)7-5-9/h4-7H,8H2,1-3H3,(H2,15,16). The molecule has 18 heavy (non-hydrogen) atoms.